The second kappa shape index (κ2) is 10.6. The maximum atomic E-state index is 10.6. The van der Waals surface area contributed by atoms with Crippen molar-refractivity contribution in [1.29, 1.82) is 0 Å². The lowest BCUT2D eigenvalue weighted by Gasteiger charge is -2.17. The van der Waals surface area contributed by atoms with Crippen molar-refractivity contribution in [3.8, 4) is 5.75 Å². The molecular formula is C20H24O4. The van der Waals surface area contributed by atoms with Crippen LogP contribution in [0.25, 0.3) is 0 Å². The van der Waals surface area contributed by atoms with Gasteiger partial charge in [-0.05, 0) is 29.7 Å². The van der Waals surface area contributed by atoms with Gasteiger partial charge >= 0.3 is 0 Å². The monoisotopic (exact) mass is 328 g/mol. The molecule has 128 valence electrons. The molecule has 2 aromatic carbocycles. The third-order valence-corrected chi connectivity index (χ3v) is 3.67. The molecule has 0 amide bonds. The summed E-state index contributed by atoms with van der Waals surface area (Å²) < 4.78 is 16.8. The molecule has 1 atom stereocenters. The van der Waals surface area contributed by atoms with E-state index in [1.807, 2.05) is 54.6 Å². The van der Waals surface area contributed by atoms with E-state index in [1.54, 1.807) is 7.11 Å². The van der Waals surface area contributed by atoms with E-state index in [4.69, 9.17) is 14.2 Å². The maximum absolute atomic E-state index is 10.6. The van der Waals surface area contributed by atoms with Crippen LogP contribution < -0.4 is 4.74 Å². The highest BCUT2D eigenvalue weighted by Crippen LogP contribution is 2.14. The first-order valence-corrected chi connectivity index (χ1v) is 8.11. The normalized spacial score (nSPS) is 11.9. The smallest absolute Gasteiger partial charge is 0.120 e. The molecule has 0 saturated carbocycles. The molecule has 0 heterocycles. The number of aldehydes is 1. The Kier molecular flexibility index (Phi) is 8.01. The molecule has 0 radical (unpaired) electrons. The first kappa shape index (κ1) is 18.2. The van der Waals surface area contributed by atoms with Gasteiger partial charge in [-0.15, -0.1) is 0 Å². The van der Waals surface area contributed by atoms with Crippen molar-refractivity contribution < 1.29 is 19.0 Å². The summed E-state index contributed by atoms with van der Waals surface area (Å²) in [5, 5.41) is 0. The van der Waals surface area contributed by atoms with Crippen LogP contribution in [0.1, 0.15) is 24.0 Å². The average Bonchev–Trinajstić information content (AvgIpc) is 2.64. The number of methoxy groups -OCH3 is 1. The molecule has 24 heavy (non-hydrogen) atoms. The van der Waals surface area contributed by atoms with Crippen molar-refractivity contribution in [3.05, 3.63) is 65.7 Å². The predicted octanol–water partition coefficient (Wildman–Crippen LogP) is 3.78. The van der Waals surface area contributed by atoms with Crippen LogP contribution in [0.15, 0.2) is 54.6 Å². The third-order valence-electron chi connectivity index (χ3n) is 3.67. The van der Waals surface area contributed by atoms with Crippen LogP contribution in [0.5, 0.6) is 5.75 Å². The summed E-state index contributed by atoms with van der Waals surface area (Å²) in [5.41, 5.74) is 2.19. The zero-order valence-corrected chi connectivity index (χ0v) is 14.0. The zero-order valence-electron chi connectivity index (χ0n) is 14.0. The number of rotatable bonds is 11. The Bertz CT molecular complexity index is 580. The number of carbonyl (C=O) groups excluding carboxylic acids is 1. The van der Waals surface area contributed by atoms with Crippen molar-refractivity contribution in [2.45, 2.75) is 32.2 Å². The first-order chi connectivity index (χ1) is 11.8. The van der Waals surface area contributed by atoms with Gasteiger partial charge in [0.05, 0.1) is 33.0 Å². The molecule has 0 fully saturated rings. The van der Waals surface area contributed by atoms with Crippen LogP contribution in [-0.4, -0.2) is 26.1 Å². The van der Waals surface area contributed by atoms with Gasteiger partial charge in [0, 0.05) is 6.42 Å². The summed E-state index contributed by atoms with van der Waals surface area (Å²) >= 11 is 0. The van der Waals surface area contributed by atoms with E-state index < -0.39 is 0 Å². The van der Waals surface area contributed by atoms with Crippen molar-refractivity contribution >= 4 is 6.29 Å². The summed E-state index contributed by atoms with van der Waals surface area (Å²) in [4.78, 5) is 10.6. The number of hydrogen-bond acceptors (Lipinski definition) is 4. The van der Waals surface area contributed by atoms with Crippen LogP contribution in [0.4, 0.5) is 0 Å². The molecular weight excluding hydrogens is 304 g/mol. The topological polar surface area (TPSA) is 44.8 Å². The van der Waals surface area contributed by atoms with E-state index in [1.165, 1.54) is 0 Å². The second-order valence-corrected chi connectivity index (χ2v) is 5.53. The highest BCUT2D eigenvalue weighted by atomic mass is 16.5. The van der Waals surface area contributed by atoms with Crippen molar-refractivity contribution in [3.63, 3.8) is 0 Å². The van der Waals surface area contributed by atoms with Crippen LogP contribution in [-0.2, 0) is 27.5 Å². The van der Waals surface area contributed by atoms with Crippen LogP contribution in [0, 0.1) is 0 Å². The Morgan fingerprint density at radius 2 is 1.67 bits per heavy atom. The average molecular weight is 328 g/mol. The number of benzene rings is 2. The van der Waals surface area contributed by atoms with Gasteiger partial charge in [-0.1, -0.05) is 42.5 Å². The minimum Gasteiger partial charge on any atom is -0.497 e. The van der Waals surface area contributed by atoms with Gasteiger partial charge in [0.2, 0.25) is 0 Å². The minimum atomic E-state index is -0.0963. The minimum absolute atomic E-state index is 0.0963. The molecule has 0 aliphatic heterocycles. The van der Waals surface area contributed by atoms with Crippen LogP contribution in [0.3, 0.4) is 0 Å². The van der Waals surface area contributed by atoms with Crippen LogP contribution in [0.2, 0.25) is 0 Å². The van der Waals surface area contributed by atoms with E-state index >= 15 is 0 Å². The molecule has 0 bridgehead atoms. The molecule has 0 spiro atoms. The third kappa shape index (κ3) is 6.52. The Balaban J connectivity index is 1.79. The summed E-state index contributed by atoms with van der Waals surface area (Å²) in [5.74, 6) is 0.822. The molecule has 0 aromatic heterocycles. The Hall–Kier alpha value is -2.17. The number of carbonyl (C=O) groups is 1. The molecule has 2 aromatic rings. The summed E-state index contributed by atoms with van der Waals surface area (Å²) in [6, 6.07) is 17.8. The molecule has 2 rings (SSSR count). The Morgan fingerprint density at radius 3 is 2.33 bits per heavy atom. The highest BCUT2D eigenvalue weighted by Gasteiger charge is 2.10. The maximum Gasteiger partial charge on any atom is 0.120 e. The van der Waals surface area contributed by atoms with Gasteiger partial charge in [-0.2, -0.15) is 0 Å². The lowest BCUT2D eigenvalue weighted by atomic mass is 10.2. The lowest BCUT2D eigenvalue weighted by Crippen LogP contribution is -2.20. The molecule has 0 aliphatic rings. The standard InChI is InChI=1S/C20H24O4/c1-22-19-11-9-18(10-12-19)15-24-20(8-5-13-21)16-23-14-17-6-3-2-4-7-17/h2-4,6-7,9-13,20H,5,8,14-16H2,1H3/t20-/m0/s1. The van der Waals surface area contributed by atoms with Crippen molar-refractivity contribution in [2.75, 3.05) is 13.7 Å². The van der Waals surface area contributed by atoms with E-state index in [0.717, 1.165) is 23.2 Å². The van der Waals surface area contributed by atoms with Gasteiger partial charge in [0.1, 0.15) is 12.0 Å². The Morgan fingerprint density at radius 1 is 0.958 bits per heavy atom. The molecule has 0 saturated heterocycles. The summed E-state index contributed by atoms with van der Waals surface area (Å²) in [7, 11) is 1.64. The van der Waals surface area contributed by atoms with Gasteiger partial charge in [-0.25, -0.2) is 0 Å². The van der Waals surface area contributed by atoms with Crippen LogP contribution >= 0.6 is 0 Å². The molecule has 4 heteroatoms. The Labute approximate surface area is 143 Å². The fourth-order valence-electron chi connectivity index (χ4n) is 2.29. The van der Waals surface area contributed by atoms with E-state index in [0.29, 0.717) is 32.7 Å². The van der Waals surface area contributed by atoms with Gasteiger partial charge < -0.3 is 19.0 Å². The molecule has 0 N–H and O–H groups in total. The SMILES string of the molecule is COc1ccc(CO[C@@H](CCC=O)COCc2ccccc2)cc1. The first-order valence-electron chi connectivity index (χ1n) is 8.11. The van der Waals surface area contributed by atoms with E-state index in [-0.39, 0.29) is 6.10 Å². The largest absolute Gasteiger partial charge is 0.497 e. The molecule has 0 aliphatic carbocycles. The van der Waals surface area contributed by atoms with E-state index in [9.17, 15) is 4.79 Å². The quantitative estimate of drug-likeness (QED) is 0.589. The van der Waals surface area contributed by atoms with Gasteiger partial charge in [0.15, 0.2) is 0 Å². The van der Waals surface area contributed by atoms with E-state index in [2.05, 4.69) is 0 Å². The van der Waals surface area contributed by atoms with Crippen molar-refractivity contribution in [1.82, 2.24) is 0 Å². The number of hydrogen-bond donors (Lipinski definition) is 0. The number of ether oxygens (including phenoxy) is 3. The predicted molar refractivity (Wildman–Crippen MR) is 93.0 cm³/mol. The lowest BCUT2D eigenvalue weighted by molar-refractivity contribution is -0.109. The molecule has 0 unspecified atom stereocenters. The summed E-state index contributed by atoms with van der Waals surface area (Å²) in [6.07, 6.45) is 1.96. The fraction of sp³-hybridized carbons (Fsp3) is 0.350. The molecule has 4 nitrogen and oxygen atoms in total. The van der Waals surface area contributed by atoms with Crippen molar-refractivity contribution in [2.24, 2.45) is 0 Å². The second-order valence-electron chi connectivity index (χ2n) is 5.53. The summed E-state index contributed by atoms with van der Waals surface area (Å²) in [6.45, 7) is 1.51. The van der Waals surface area contributed by atoms with Gasteiger partial charge in [-0.3, -0.25) is 0 Å². The highest BCUT2D eigenvalue weighted by molar-refractivity contribution is 5.49. The van der Waals surface area contributed by atoms with Gasteiger partial charge in [0.25, 0.3) is 0 Å². The fourth-order valence-corrected chi connectivity index (χ4v) is 2.29. The zero-order chi connectivity index (χ0) is 17.0.